The van der Waals surface area contributed by atoms with Gasteiger partial charge in [-0.25, -0.2) is 5.43 Å². The number of nitrogens with two attached hydrogens (primary N) is 1. The Morgan fingerprint density at radius 1 is 1.17 bits per heavy atom. The Balaban J connectivity index is 1.99. The lowest BCUT2D eigenvalue weighted by Crippen LogP contribution is -2.24. The Morgan fingerprint density at radius 2 is 1.93 bits per heavy atom. The maximum absolute atomic E-state index is 11.9. The van der Waals surface area contributed by atoms with E-state index in [1.54, 1.807) is 36.4 Å². The van der Waals surface area contributed by atoms with Gasteiger partial charge in [0.2, 0.25) is 0 Å². The van der Waals surface area contributed by atoms with Crippen molar-refractivity contribution in [1.82, 2.24) is 5.43 Å². The minimum Gasteiger partial charge on any atom is -0.490 e. The first-order valence-corrected chi connectivity index (χ1v) is 9.64. The predicted molar refractivity (Wildman–Crippen MR) is 113 cm³/mol. The second-order valence-corrected chi connectivity index (χ2v) is 6.79. The molecule has 10 heteroatoms. The fourth-order valence-electron chi connectivity index (χ4n) is 2.12. The quantitative estimate of drug-likeness (QED) is 0.398. The number of carbonyl (C=O) groups is 2. The second kappa shape index (κ2) is 11.3. The minimum absolute atomic E-state index is 0.241. The zero-order valence-corrected chi connectivity index (χ0v) is 17.8. The summed E-state index contributed by atoms with van der Waals surface area (Å²) in [6.07, 6.45) is 1.43. The molecule has 0 saturated heterocycles. The summed E-state index contributed by atoms with van der Waals surface area (Å²) in [5.41, 5.74) is 8.09. The number of hydrogen-bond donors (Lipinski definition) is 2. The van der Waals surface area contributed by atoms with Crippen molar-refractivity contribution < 1.29 is 23.8 Å². The highest BCUT2D eigenvalue weighted by molar-refractivity contribution is 9.10. The maximum atomic E-state index is 11.9. The Kier molecular flexibility index (Phi) is 8.75. The number of benzene rings is 2. The first-order chi connectivity index (χ1) is 13.9. The summed E-state index contributed by atoms with van der Waals surface area (Å²) in [5, 5.41) is 4.31. The molecule has 0 aliphatic heterocycles. The van der Waals surface area contributed by atoms with Crippen molar-refractivity contribution >= 4 is 45.6 Å². The van der Waals surface area contributed by atoms with Crippen molar-refractivity contribution in [2.75, 3.05) is 19.8 Å². The lowest BCUT2D eigenvalue weighted by atomic mass is 10.2. The molecule has 0 aliphatic rings. The van der Waals surface area contributed by atoms with E-state index < -0.39 is 11.8 Å². The van der Waals surface area contributed by atoms with Crippen molar-refractivity contribution in [1.29, 1.82) is 0 Å². The van der Waals surface area contributed by atoms with Crippen LogP contribution in [0.15, 0.2) is 46.0 Å². The number of halogens is 2. The second-order valence-electron chi connectivity index (χ2n) is 5.53. The highest BCUT2D eigenvalue weighted by Crippen LogP contribution is 2.36. The summed E-state index contributed by atoms with van der Waals surface area (Å²) in [4.78, 5) is 22.8. The molecule has 2 aromatic carbocycles. The number of para-hydroxylation sites is 1. The Labute approximate surface area is 181 Å². The number of nitrogens with one attached hydrogen (secondary N) is 1. The standard InChI is InChI=1S/C19H19BrClN3O5/c1-2-27-16-8-12(7-13(20)19(16)29-10-17(22)25)9-23-24-18(26)11-28-15-6-4-3-5-14(15)21/h3-9H,2,10-11H2,1H3,(H2,22,25)(H,24,26)/b23-9-. The lowest BCUT2D eigenvalue weighted by Gasteiger charge is -2.13. The van der Waals surface area contributed by atoms with Gasteiger partial charge in [-0.1, -0.05) is 23.7 Å². The van der Waals surface area contributed by atoms with Crippen LogP contribution in [0.2, 0.25) is 5.02 Å². The SMILES string of the molecule is CCOc1cc(/C=N\NC(=O)COc2ccccc2Cl)cc(Br)c1OCC(N)=O. The third-order valence-electron chi connectivity index (χ3n) is 3.29. The molecule has 0 aliphatic carbocycles. The van der Waals surface area contributed by atoms with E-state index in [1.807, 2.05) is 6.92 Å². The van der Waals surface area contributed by atoms with Crippen LogP contribution in [-0.2, 0) is 9.59 Å². The maximum Gasteiger partial charge on any atom is 0.277 e. The van der Waals surface area contributed by atoms with Gasteiger partial charge in [-0.3, -0.25) is 9.59 Å². The number of amides is 2. The van der Waals surface area contributed by atoms with Gasteiger partial charge < -0.3 is 19.9 Å². The third-order valence-corrected chi connectivity index (χ3v) is 4.19. The summed E-state index contributed by atoms with van der Waals surface area (Å²) < 4.78 is 16.8. The van der Waals surface area contributed by atoms with Gasteiger partial charge in [0.1, 0.15) is 5.75 Å². The van der Waals surface area contributed by atoms with Crippen LogP contribution in [0.1, 0.15) is 12.5 Å². The van der Waals surface area contributed by atoms with Crippen molar-refractivity contribution in [2.45, 2.75) is 6.92 Å². The van der Waals surface area contributed by atoms with Crippen molar-refractivity contribution in [3.8, 4) is 17.2 Å². The van der Waals surface area contributed by atoms with E-state index in [2.05, 4.69) is 26.5 Å². The molecule has 29 heavy (non-hydrogen) atoms. The van der Waals surface area contributed by atoms with Crippen molar-refractivity contribution in [3.63, 3.8) is 0 Å². The molecule has 0 saturated carbocycles. The Hall–Kier alpha value is -2.78. The van der Waals surface area contributed by atoms with Crippen LogP contribution in [-0.4, -0.2) is 37.8 Å². The lowest BCUT2D eigenvalue weighted by molar-refractivity contribution is -0.123. The predicted octanol–water partition coefficient (Wildman–Crippen LogP) is 2.89. The number of nitrogens with zero attached hydrogens (tertiary/aromatic N) is 1. The van der Waals surface area contributed by atoms with Crippen LogP contribution < -0.4 is 25.4 Å². The number of ether oxygens (including phenoxy) is 3. The van der Waals surface area contributed by atoms with E-state index in [-0.39, 0.29) is 13.2 Å². The smallest absolute Gasteiger partial charge is 0.277 e. The van der Waals surface area contributed by atoms with E-state index in [1.165, 1.54) is 6.21 Å². The summed E-state index contributed by atoms with van der Waals surface area (Å²) in [7, 11) is 0. The molecule has 0 bridgehead atoms. The molecule has 0 radical (unpaired) electrons. The molecule has 0 spiro atoms. The Morgan fingerprint density at radius 3 is 2.62 bits per heavy atom. The average Bonchev–Trinajstić information content (AvgIpc) is 2.67. The topological polar surface area (TPSA) is 112 Å². The monoisotopic (exact) mass is 483 g/mol. The molecule has 0 aromatic heterocycles. The normalized spacial score (nSPS) is 10.6. The van der Waals surface area contributed by atoms with Crippen LogP contribution in [0.4, 0.5) is 0 Å². The molecule has 0 atom stereocenters. The molecule has 0 heterocycles. The zero-order chi connectivity index (χ0) is 21.2. The molecule has 8 nitrogen and oxygen atoms in total. The van der Waals surface area contributed by atoms with E-state index in [0.29, 0.717) is 38.9 Å². The summed E-state index contributed by atoms with van der Waals surface area (Å²) in [6, 6.07) is 10.2. The van der Waals surface area contributed by atoms with Crippen LogP contribution in [0.3, 0.4) is 0 Å². The van der Waals surface area contributed by atoms with Crippen LogP contribution in [0, 0.1) is 0 Å². The minimum atomic E-state index is -0.605. The van der Waals surface area contributed by atoms with E-state index >= 15 is 0 Å². The van der Waals surface area contributed by atoms with Gasteiger partial charge in [0.25, 0.3) is 11.8 Å². The molecular formula is C19H19BrClN3O5. The number of rotatable bonds is 10. The summed E-state index contributed by atoms with van der Waals surface area (Å²) in [6.45, 7) is 1.67. The van der Waals surface area contributed by atoms with E-state index in [9.17, 15) is 9.59 Å². The molecule has 2 amide bonds. The summed E-state index contributed by atoms with van der Waals surface area (Å²) in [5.74, 6) is 0.0986. The molecule has 3 N–H and O–H groups in total. The van der Waals surface area contributed by atoms with Gasteiger partial charge >= 0.3 is 0 Å². The number of hydrazone groups is 1. The average molecular weight is 485 g/mol. The van der Waals surface area contributed by atoms with Crippen LogP contribution >= 0.6 is 27.5 Å². The van der Waals surface area contributed by atoms with Crippen LogP contribution in [0.25, 0.3) is 0 Å². The molecular weight excluding hydrogens is 466 g/mol. The zero-order valence-electron chi connectivity index (χ0n) is 15.5. The first kappa shape index (κ1) is 22.5. The number of primary amides is 1. The highest BCUT2D eigenvalue weighted by atomic mass is 79.9. The fraction of sp³-hybridized carbons (Fsp3) is 0.211. The van der Waals surface area contributed by atoms with E-state index in [0.717, 1.165) is 0 Å². The van der Waals surface area contributed by atoms with Gasteiger partial charge in [0.15, 0.2) is 24.7 Å². The van der Waals surface area contributed by atoms with Gasteiger partial charge in [0, 0.05) is 0 Å². The summed E-state index contributed by atoms with van der Waals surface area (Å²) >= 11 is 9.32. The number of carbonyl (C=O) groups excluding carboxylic acids is 2. The van der Waals surface area contributed by atoms with Crippen LogP contribution in [0.5, 0.6) is 17.2 Å². The molecule has 2 aromatic rings. The molecule has 2 rings (SSSR count). The molecule has 0 fully saturated rings. The van der Waals surface area contributed by atoms with Gasteiger partial charge in [-0.15, -0.1) is 0 Å². The van der Waals surface area contributed by atoms with Crippen molar-refractivity contribution in [3.05, 3.63) is 51.5 Å². The molecule has 154 valence electrons. The largest absolute Gasteiger partial charge is 0.490 e. The molecule has 0 unspecified atom stereocenters. The van der Waals surface area contributed by atoms with Crippen molar-refractivity contribution in [2.24, 2.45) is 10.8 Å². The van der Waals surface area contributed by atoms with Gasteiger partial charge in [-0.05, 0) is 52.7 Å². The Bertz CT molecular complexity index is 907. The highest BCUT2D eigenvalue weighted by Gasteiger charge is 2.13. The van der Waals surface area contributed by atoms with Gasteiger partial charge in [0.05, 0.1) is 22.3 Å². The number of hydrogen-bond acceptors (Lipinski definition) is 6. The van der Waals surface area contributed by atoms with E-state index in [4.69, 9.17) is 31.5 Å². The third kappa shape index (κ3) is 7.28. The van der Waals surface area contributed by atoms with Gasteiger partial charge in [-0.2, -0.15) is 5.10 Å². The first-order valence-electron chi connectivity index (χ1n) is 8.47. The fourth-order valence-corrected chi connectivity index (χ4v) is 2.89.